The molecule has 2 heterocycles. The third kappa shape index (κ3) is 5.15. The summed E-state index contributed by atoms with van der Waals surface area (Å²) < 4.78 is 24.9. The molecule has 172 valence electrons. The van der Waals surface area contributed by atoms with Gasteiger partial charge in [-0.25, -0.2) is 12.7 Å². The molecule has 1 N–H and O–H groups in total. The van der Waals surface area contributed by atoms with E-state index in [0.29, 0.717) is 25.2 Å². The second-order valence-electron chi connectivity index (χ2n) is 8.79. The third-order valence-electron chi connectivity index (χ3n) is 6.44. The maximum atomic E-state index is 11.7. The summed E-state index contributed by atoms with van der Waals surface area (Å²) in [5.74, 6) is 0.230. The number of benzene rings is 2. The molecule has 1 aliphatic heterocycles. The Morgan fingerprint density at radius 3 is 2.42 bits per heavy atom. The molecule has 4 rings (SSSR count). The fourth-order valence-corrected chi connectivity index (χ4v) is 5.34. The summed E-state index contributed by atoms with van der Waals surface area (Å²) in [5, 5.41) is 13.5. The average Bonchev–Trinajstić information content (AvgIpc) is 2.74. The highest BCUT2D eigenvalue weighted by atomic mass is 32.2. The topological polar surface area (TPSA) is 82.9 Å². The van der Waals surface area contributed by atoms with Gasteiger partial charge in [-0.2, -0.15) is 0 Å². The molecule has 7 heteroatoms. The lowest BCUT2D eigenvalue weighted by molar-refractivity contribution is 0.266. The van der Waals surface area contributed by atoms with Crippen LogP contribution in [0.3, 0.4) is 0 Å². The van der Waals surface area contributed by atoms with Crippen molar-refractivity contribution in [3.63, 3.8) is 0 Å². The lowest BCUT2D eigenvalue weighted by Crippen LogP contribution is -2.47. The quantitative estimate of drug-likeness (QED) is 0.319. The second kappa shape index (κ2) is 9.45. The lowest BCUT2D eigenvalue weighted by Gasteiger charge is -2.37. The molecule has 1 atom stereocenters. The maximum absolute atomic E-state index is 11.7. The highest BCUT2D eigenvalue weighted by Gasteiger charge is 2.34. The van der Waals surface area contributed by atoms with E-state index in [1.165, 1.54) is 21.7 Å². The van der Waals surface area contributed by atoms with Crippen LogP contribution in [-0.2, 0) is 10.0 Å². The van der Waals surface area contributed by atoms with Crippen LogP contribution in [-0.4, -0.2) is 48.0 Å². The van der Waals surface area contributed by atoms with Crippen LogP contribution in [0.1, 0.15) is 51.8 Å². The van der Waals surface area contributed by atoms with Crippen molar-refractivity contribution in [2.45, 2.75) is 32.1 Å². The molecule has 0 radical (unpaired) electrons. The molecular formula is C26H29N3O3S. The summed E-state index contributed by atoms with van der Waals surface area (Å²) in [5.41, 5.74) is 6.97. The molecular weight excluding hydrogens is 434 g/mol. The molecule has 0 spiro atoms. The number of hydrogen-bond acceptors (Lipinski definition) is 5. The fraction of sp³-hybridized carbons (Fsp3) is 0.308. The van der Waals surface area contributed by atoms with Crippen LogP contribution in [0.25, 0.3) is 0 Å². The van der Waals surface area contributed by atoms with Crippen LogP contribution in [0.5, 0.6) is 0 Å². The van der Waals surface area contributed by atoms with Crippen molar-refractivity contribution in [1.29, 1.82) is 0 Å². The Balaban J connectivity index is 1.63. The first-order valence-corrected chi connectivity index (χ1v) is 12.9. The van der Waals surface area contributed by atoms with E-state index in [1.807, 2.05) is 31.2 Å². The normalized spacial score (nSPS) is 16.4. The Morgan fingerprint density at radius 2 is 1.82 bits per heavy atom. The summed E-state index contributed by atoms with van der Waals surface area (Å²) in [4.78, 5) is 4.25. The molecule has 1 fully saturated rings. The summed E-state index contributed by atoms with van der Waals surface area (Å²) in [6, 6.07) is 20.5. The van der Waals surface area contributed by atoms with Crippen LogP contribution in [0.4, 0.5) is 0 Å². The summed E-state index contributed by atoms with van der Waals surface area (Å²) in [6.07, 6.45) is 3.52. The van der Waals surface area contributed by atoms with E-state index >= 15 is 0 Å². The molecule has 0 unspecified atom stereocenters. The monoisotopic (exact) mass is 463 g/mol. The van der Waals surface area contributed by atoms with Gasteiger partial charge in [0.15, 0.2) is 0 Å². The molecule has 1 saturated heterocycles. The second-order valence-corrected chi connectivity index (χ2v) is 10.8. The molecule has 0 saturated carbocycles. The molecule has 3 aromatic rings. The zero-order valence-electron chi connectivity index (χ0n) is 19.1. The Hall–Kier alpha value is -3.03. The van der Waals surface area contributed by atoms with E-state index in [2.05, 4.69) is 53.5 Å². The smallest absolute Gasteiger partial charge is 0.211 e. The summed E-state index contributed by atoms with van der Waals surface area (Å²) >= 11 is 0. The van der Waals surface area contributed by atoms with Gasteiger partial charge in [0.05, 0.1) is 12.0 Å². The van der Waals surface area contributed by atoms with Crippen LogP contribution in [0, 0.1) is 13.8 Å². The number of nitrogens with zero attached hydrogens (tertiary/aromatic N) is 3. The van der Waals surface area contributed by atoms with Crippen molar-refractivity contribution in [2.24, 2.45) is 5.16 Å². The van der Waals surface area contributed by atoms with E-state index in [-0.39, 0.29) is 11.8 Å². The van der Waals surface area contributed by atoms with Gasteiger partial charge in [0, 0.05) is 48.8 Å². The Bertz CT molecular complexity index is 1260. The number of pyridine rings is 1. The largest absolute Gasteiger partial charge is 0.411 e. The predicted molar refractivity (Wildman–Crippen MR) is 131 cm³/mol. The highest BCUT2D eigenvalue weighted by molar-refractivity contribution is 7.88. The lowest BCUT2D eigenvalue weighted by atomic mass is 9.82. The molecule has 1 aromatic heterocycles. The zero-order valence-corrected chi connectivity index (χ0v) is 20.0. The third-order valence-corrected chi connectivity index (χ3v) is 7.68. The van der Waals surface area contributed by atoms with E-state index in [9.17, 15) is 13.6 Å². The van der Waals surface area contributed by atoms with E-state index in [0.717, 1.165) is 22.4 Å². The Labute approximate surface area is 195 Å². The number of rotatable bonds is 7. The maximum Gasteiger partial charge on any atom is 0.211 e. The van der Waals surface area contributed by atoms with Crippen molar-refractivity contribution in [3.05, 3.63) is 100 Å². The molecule has 0 amide bonds. The Kier molecular flexibility index (Phi) is 6.63. The van der Waals surface area contributed by atoms with Gasteiger partial charge in [-0.05, 0) is 48.2 Å². The number of oxime groups is 1. The summed E-state index contributed by atoms with van der Waals surface area (Å²) in [7, 11) is -3.12. The van der Waals surface area contributed by atoms with Crippen molar-refractivity contribution < 1.29 is 13.6 Å². The molecule has 0 bridgehead atoms. The fourth-order valence-electron chi connectivity index (χ4n) is 4.44. The predicted octanol–water partition coefficient (Wildman–Crippen LogP) is 4.46. The zero-order chi connectivity index (χ0) is 23.6. The minimum Gasteiger partial charge on any atom is -0.411 e. The van der Waals surface area contributed by atoms with Gasteiger partial charge < -0.3 is 5.21 Å². The van der Waals surface area contributed by atoms with Crippen LogP contribution in [0.2, 0.25) is 0 Å². The van der Waals surface area contributed by atoms with Crippen LogP contribution < -0.4 is 0 Å². The van der Waals surface area contributed by atoms with Gasteiger partial charge in [-0.15, -0.1) is 0 Å². The van der Waals surface area contributed by atoms with Gasteiger partial charge in [0.2, 0.25) is 10.0 Å². The number of sulfonamides is 1. The minimum absolute atomic E-state index is 0.00790. The van der Waals surface area contributed by atoms with Crippen molar-refractivity contribution in [1.82, 2.24) is 9.29 Å². The van der Waals surface area contributed by atoms with Crippen LogP contribution in [0.15, 0.2) is 72.0 Å². The first-order valence-electron chi connectivity index (χ1n) is 11.0. The number of aryl methyl sites for hydroxylation is 2. The van der Waals surface area contributed by atoms with Gasteiger partial charge >= 0.3 is 0 Å². The van der Waals surface area contributed by atoms with Gasteiger partial charge in [-0.3, -0.25) is 4.98 Å². The van der Waals surface area contributed by atoms with Crippen molar-refractivity contribution in [2.75, 3.05) is 19.3 Å². The highest BCUT2D eigenvalue weighted by Crippen LogP contribution is 2.34. The SMILES string of the molecule is Cc1cc(/C(C[C@H](c2ccc(C3CN(S(C)(=O)=O)C3)cc2)c2ccccc2C)=N\O)ccn1. The van der Waals surface area contributed by atoms with E-state index in [4.69, 9.17) is 0 Å². The number of aromatic nitrogens is 1. The van der Waals surface area contributed by atoms with Gasteiger partial charge in [0.1, 0.15) is 0 Å². The molecule has 6 nitrogen and oxygen atoms in total. The molecule has 33 heavy (non-hydrogen) atoms. The van der Waals surface area contributed by atoms with Gasteiger partial charge in [0.25, 0.3) is 0 Å². The standard InChI is InChI=1S/C26H29N3O3S/c1-18-6-4-5-7-24(18)25(15-26(28-30)22-12-13-27-19(2)14-22)21-10-8-20(9-11-21)23-16-29(17-23)33(3,31)32/h4-14,23,25,30H,15-17H2,1-3H3/b28-26-/t25-/m1/s1. The van der Waals surface area contributed by atoms with Crippen molar-refractivity contribution >= 4 is 15.7 Å². The van der Waals surface area contributed by atoms with E-state index < -0.39 is 10.0 Å². The summed E-state index contributed by atoms with van der Waals surface area (Å²) in [6.45, 7) is 5.07. The molecule has 1 aliphatic rings. The molecule has 2 aromatic carbocycles. The number of hydrogen-bond donors (Lipinski definition) is 1. The molecule has 0 aliphatic carbocycles. The average molecular weight is 464 g/mol. The first kappa shape index (κ1) is 23.1. The first-order chi connectivity index (χ1) is 15.8. The minimum atomic E-state index is -3.12. The van der Waals surface area contributed by atoms with Crippen molar-refractivity contribution in [3.8, 4) is 0 Å². The van der Waals surface area contributed by atoms with Crippen LogP contribution >= 0.6 is 0 Å². The Morgan fingerprint density at radius 1 is 1.12 bits per heavy atom. The van der Waals surface area contributed by atoms with Gasteiger partial charge in [-0.1, -0.05) is 53.7 Å². The van der Waals surface area contributed by atoms with E-state index in [1.54, 1.807) is 6.20 Å².